The van der Waals surface area contributed by atoms with Crippen molar-refractivity contribution in [3.8, 4) is 17.5 Å². The number of nitrogens with one attached hydrogen (secondary N) is 1. The molecule has 0 spiro atoms. The lowest BCUT2D eigenvalue weighted by Gasteiger charge is -2.05. The summed E-state index contributed by atoms with van der Waals surface area (Å²) in [7, 11) is 0. The van der Waals surface area contributed by atoms with Gasteiger partial charge in [-0.1, -0.05) is 12.1 Å². The molecule has 0 aliphatic rings. The normalized spacial score (nSPS) is 10.5. The van der Waals surface area contributed by atoms with Gasteiger partial charge in [-0.25, -0.2) is 4.98 Å². The molecule has 2 aromatic heterocycles. The molecule has 1 N–H and O–H groups in total. The van der Waals surface area contributed by atoms with E-state index in [9.17, 15) is 4.79 Å². The number of benzene rings is 1. The van der Waals surface area contributed by atoms with Crippen LogP contribution in [0.15, 0.2) is 41.2 Å². The average Bonchev–Trinajstić information content (AvgIpc) is 3.03. The molecule has 6 heteroatoms. The Morgan fingerprint density at radius 1 is 1.43 bits per heavy atom. The topological polar surface area (TPSA) is 83.8 Å². The van der Waals surface area contributed by atoms with E-state index in [1.165, 1.54) is 19.5 Å². The van der Waals surface area contributed by atoms with Gasteiger partial charge in [0.1, 0.15) is 24.9 Å². The van der Waals surface area contributed by atoms with Crippen molar-refractivity contribution < 1.29 is 9.21 Å². The summed E-state index contributed by atoms with van der Waals surface area (Å²) in [5.74, 6) is 0.399. The second-order valence-electron chi connectivity index (χ2n) is 4.55. The van der Waals surface area contributed by atoms with Crippen molar-refractivity contribution >= 4 is 22.6 Å². The minimum Gasteiger partial charge on any atom is -0.470 e. The van der Waals surface area contributed by atoms with Crippen LogP contribution in [0, 0.1) is 11.3 Å². The predicted octanol–water partition coefficient (Wildman–Crippen LogP) is 2.78. The summed E-state index contributed by atoms with van der Waals surface area (Å²) < 4.78 is 6.98. The number of anilines is 1. The molecule has 6 nitrogen and oxygen atoms in total. The monoisotopic (exact) mass is 280 g/mol. The number of nitriles is 1. The van der Waals surface area contributed by atoms with Crippen molar-refractivity contribution in [3.05, 3.63) is 36.8 Å². The van der Waals surface area contributed by atoms with Crippen molar-refractivity contribution in [2.45, 2.75) is 13.5 Å². The molecule has 3 aromatic rings. The van der Waals surface area contributed by atoms with Gasteiger partial charge in [0.05, 0.1) is 28.4 Å². The highest BCUT2D eigenvalue weighted by Gasteiger charge is 2.17. The summed E-state index contributed by atoms with van der Waals surface area (Å²) in [4.78, 5) is 15.8. The van der Waals surface area contributed by atoms with Crippen LogP contribution >= 0.6 is 0 Å². The molecule has 0 saturated heterocycles. The maximum absolute atomic E-state index is 11.2. The van der Waals surface area contributed by atoms with Crippen LogP contribution in [-0.4, -0.2) is 15.5 Å². The molecular weight excluding hydrogens is 268 g/mol. The zero-order valence-electron chi connectivity index (χ0n) is 11.3. The third-order valence-electron chi connectivity index (χ3n) is 3.10. The molecule has 2 heterocycles. The van der Waals surface area contributed by atoms with Crippen molar-refractivity contribution in [1.29, 1.82) is 5.26 Å². The van der Waals surface area contributed by atoms with Crippen LogP contribution in [0.1, 0.15) is 6.92 Å². The Kier molecular flexibility index (Phi) is 3.16. The van der Waals surface area contributed by atoms with Gasteiger partial charge in [-0.2, -0.15) is 5.26 Å². The van der Waals surface area contributed by atoms with Crippen LogP contribution < -0.4 is 5.32 Å². The van der Waals surface area contributed by atoms with Gasteiger partial charge < -0.3 is 14.3 Å². The van der Waals surface area contributed by atoms with Gasteiger partial charge in [0, 0.05) is 6.92 Å². The summed E-state index contributed by atoms with van der Waals surface area (Å²) in [5.41, 5.74) is 2.84. The maximum Gasteiger partial charge on any atom is 0.221 e. The van der Waals surface area contributed by atoms with Gasteiger partial charge in [-0.15, -0.1) is 0 Å². The van der Waals surface area contributed by atoms with E-state index < -0.39 is 0 Å². The Labute approximate surface area is 120 Å². The first-order chi connectivity index (χ1) is 10.2. The second kappa shape index (κ2) is 5.13. The number of fused-ring (bicyclic) bond motifs is 1. The van der Waals surface area contributed by atoms with Gasteiger partial charge in [-0.05, 0) is 12.1 Å². The highest BCUT2D eigenvalue weighted by atomic mass is 16.3. The van der Waals surface area contributed by atoms with E-state index in [1.807, 2.05) is 24.3 Å². The van der Waals surface area contributed by atoms with Crippen LogP contribution in [0.5, 0.6) is 0 Å². The standard InChI is InChI=1S/C15H12N4O2/c1-10(20)17-13-9-21-8-11(13)15-18-12-4-2-3-5-14(12)19(15)7-6-16/h2-5,8-9H,7H2,1H3,(H,17,20). The fourth-order valence-corrected chi connectivity index (χ4v) is 2.27. The first-order valence-electron chi connectivity index (χ1n) is 6.37. The molecule has 3 rings (SSSR count). The van der Waals surface area contributed by atoms with Crippen LogP contribution in [0.3, 0.4) is 0 Å². The summed E-state index contributed by atoms with van der Waals surface area (Å²) in [6.07, 6.45) is 2.97. The molecule has 0 radical (unpaired) electrons. The van der Waals surface area contributed by atoms with Gasteiger partial charge in [0.2, 0.25) is 5.91 Å². The lowest BCUT2D eigenvalue weighted by atomic mass is 10.2. The number of para-hydroxylation sites is 2. The van der Waals surface area contributed by atoms with E-state index in [2.05, 4.69) is 16.4 Å². The lowest BCUT2D eigenvalue weighted by Crippen LogP contribution is -2.07. The summed E-state index contributed by atoms with van der Waals surface area (Å²) in [5, 5.41) is 11.7. The third-order valence-corrected chi connectivity index (χ3v) is 3.10. The van der Waals surface area contributed by atoms with Crippen LogP contribution in [0.4, 0.5) is 5.69 Å². The van der Waals surface area contributed by atoms with Crippen LogP contribution in [0.2, 0.25) is 0 Å². The van der Waals surface area contributed by atoms with E-state index in [-0.39, 0.29) is 12.5 Å². The molecule has 0 fully saturated rings. The molecular formula is C15H12N4O2. The highest BCUT2D eigenvalue weighted by Crippen LogP contribution is 2.31. The van der Waals surface area contributed by atoms with E-state index in [0.717, 1.165) is 11.0 Å². The molecule has 0 aliphatic heterocycles. The summed E-state index contributed by atoms with van der Waals surface area (Å²) >= 11 is 0. The largest absolute Gasteiger partial charge is 0.470 e. The molecule has 0 aliphatic carbocycles. The number of carbonyl (C=O) groups is 1. The molecule has 1 aromatic carbocycles. The minimum atomic E-state index is -0.194. The number of imidazole rings is 1. The van der Waals surface area contributed by atoms with Crippen molar-refractivity contribution in [1.82, 2.24) is 9.55 Å². The smallest absolute Gasteiger partial charge is 0.221 e. The number of hydrogen-bond acceptors (Lipinski definition) is 4. The number of amides is 1. The Balaban J connectivity index is 2.20. The predicted molar refractivity (Wildman–Crippen MR) is 77.4 cm³/mol. The number of carbonyl (C=O) groups excluding carboxylic acids is 1. The van der Waals surface area contributed by atoms with Crippen molar-refractivity contribution in [3.63, 3.8) is 0 Å². The third kappa shape index (κ3) is 2.25. The van der Waals surface area contributed by atoms with E-state index in [1.54, 1.807) is 4.57 Å². The molecule has 0 bridgehead atoms. The van der Waals surface area contributed by atoms with Crippen LogP contribution in [-0.2, 0) is 11.3 Å². The molecule has 1 amide bonds. The van der Waals surface area contributed by atoms with E-state index >= 15 is 0 Å². The SMILES string of the molecule is CC(=O)Nc1cocc1-c1nc2ccccc2n1CC#N. The highest BCUT2D eigenvalue weighted by molar-refractivity contribution is 5.94. The van der Waals surface area contributed by atoms with Crippen LogP contribution in [0.25, 0.3) is 22.4 Å². The number of furan rings is 1. The summed E-state index contributed by atoms with van der Waals surface area (Å²) in [6, 6.07) is 9.70. The molecule has 21 heavy (non-hydrogen) atoms. The first-order valence-corrected chi connectivity index (χ1v) is 6.37. The fraction of sp³-hybridized carbons (Fsp3) is 0.133. The van der Waals surface area contributed by atoms with Gasteiger partial charge >= 0.3 is 0 Å². The van der Waals surface area contributed by atoms with E-state index in [0.29, 0.717) is 17.1 Å². The molecule has 0 unspecified atom stereocenters. The molecule has 104 valence electrons. The quantitative estimate of drug-likeness (QED) is 0.799. The van der Waals surface area contributed by atoms with Crippen molar-refractivity contribution in [2.24, 2.45) is 0 Å². The number of rotatable bonds is 3. The molecule has 0 atom stereocenters. The zero-order chi connectivity index (χ0) is 14.8. The second-order valence-corrected chi connectivity index (χ2v) is 4.55. The fourth-order valence-electron chi connectivity index (χ4n) is 2.27. The minimum absolute atomic E-state index is 0.167. The van der Waals surface area contributed by atoms with Gasteiger partial charge in [-0.3, -0.25) is 4.79 Å². The number of nitrogens with zero attached hydrogens (tertiary/aromatic N) is 3. The summed E-state index contributed by atoms with van der Waals surface area (Å²) in [6.45, 7) is 1.59. The van der Waals surface area contributed by atoms with E-state index in [4.69, 9.17) is 9.68 Å². The first kappa shape index (κ1) is 12.9. The van der Waals surface area contributed by atoms with Gasteiger partial charge in [0.25, 0.3) is 0 Å². The number of aromatic nitrogens is 2. The average molecular weight is 280 g/mol. The number of hydrogen-bond donors (Lipinski definition) is 1. The lowest BCUT2D eigenvalue weighted by molar-refractivity contribution is -0.114. The Morgan fingerprint density at radius 2 is 2.24 bits per heavy atom. The maximum atomic E-state index is 11.2. The zero-order valence-corrected chi connectivity index (χ0v) is 11.3. The Hall–Kier alpha value is -3.07. The molecule has 0 saturated carbocycles. The Morgan fingerprint density at radius 3 is 3.00 bits per heavy atom. The van der Waals surface area contributed by atoms with Gasteiger partial charge in [0.15, 0.2) is 0 Å². The Bertz CT molecular complexity index is 854. The van der Waals surface area contributed by atoms with Crippen molar-refractivity contribution in [2.75, 3.05) is 5.32 Å².